The van der Waals surface area contributed by atoms with Crippen LogP contribution in [0.25, 0.3) is 0 Å². The van der Waals surface area contributed by atoms with Gasteiger partial charge in [-0.15, -0.1) is 0 Å². The monoisotopic (exact) mass is 374 g/mol. The maximum atomic E-state index is 12.1. The number of aromatic nitrogens is 1. The Labute approximate surface area is 158 Å². The van der Waals surface area contributed by atoms with Gasteiger partial charge in [0.1, 0.15) is 10.6 Å². The van der Waals surface area contributed by atoms with Crippen LogP contribution in [-0.4, -0.2) is 23.7 Å². The first-order valence-corrected chi connectivity index (χ1v) is 9.71. The fourth-order valence-electron chi connectivity index (χ4n) is 2.45. The molecule has 0 spiro atoms. The van der Waals surface area contributed by atoms with Crippen LogP contribution in [-0.2, 0) is 0 Å². The summed E-state index contributed by atoms with van der Waals surface area (Å²) < 4.78 is 5.85. The Morgan fingerprint density at radius 2 is 2.08 bits per heavy atom. The molecule has 0 aliphatic heterocycles. The van der Waals surface area contributed by atoms with Gasteiger partial charge in [0.25, 0.3) is 5.91 Å². The molecule has 3 N–H and O–H groups in total. The van der Waals surface area contributed by atoms with Crippen molar-refractivity contribution in [2.24, 2.45) is 5.10 Å². The number of nitrogen functional groups attached to an aromatic ring is 1. The van der Waals surface area contributed by atoms with Gasteiger partial charge in [-0.2, -0.15) is 5.10 Å². The molecule has 0 aliphatic rings. The quantitative estimate of drug-likeness (QED) is 0.371. The highest BCUT2D eigenvalue weighted by molar-refractivity contribution is 7.17. The molecule has 0 fully saturated rings. The summed E-state index contributed by atoms with van der Waals surface area (Å²) in [6.45, 7) is 4.63. The summed E-state index contributed by atoms with van der Waals surface area (Å²) in [4.78, 5) is 16.6. The van der Waals surface area contributed by atoms with Crippen LogP contribution in [0.3, 0.4) is 0 Å². The number of unbranched alkanes of at least 4 members (excludes halogenated alkanes) is 4. The number of nitrogens with two attached hydrogens (primary N) is 1. The van der Waals surface area contributed by atoms with Gasteiger partial charge in [0.15, 0.2) is 5.13 Å². The second kappa shape index (κ2) is 10.6. The molecule has 140 valence electrons. The van der Waals surface area contributed by atoms with Crippen LogP contribution in [0.1, 0.15) is 60.0 Å². The SMILES string of the molecule is CCCCCCCOc1ccccc1/C=N\NC(=O)c1sc(N)nc1C. The van der Waals surface area contributed by atoms with Crippen LogP contribution in [0, 0.1) is 6.92 Å². The fourth-order valence-corrected chi connectivity index (χ4v) is 3.17. The van der Waals surface area contributed by atoms with Crippen molar-refractivity contribution >= 4 is 28.6 Å². The molecule has 0 bridgehead atoms. The maximum Gasteiger partial charge on any atom is 0.283 e. The number of aryl methyl sites for hydroxylation is 1. The van der Waals surface area contributed by atoms with Crippen molar-refractivity contribution in [2.75, 3.05) is 12.3 Å². The lowest BCUT2D eigenvalue weighted by Crippen LogP contribution is -2.17. The molecule has 2 rings (SSSR count). The highest BCUT2D eigenvalue weighted by Crippen LogP contribution is 2.19. The van der Waals surface area contributed by atoms with E-state index in [1.165, 1.54) is 25.7 Å². The second-order valence-electron chi connectivity index (χ2n) is 5.97. The average molecular weight is 375 g/mol. The van der Waals surface area contributed by atoms with E-state index in [0.29, 0.717) is 22.3 Å². The summed E-state index contributed by atoms with van der Waals surface area (Å²) in [5.41, 5.74) is 9.55. The number of para-hydroxylation sites is 1. The number of benzene rings is 1. The molecular formula is C19H26N4O2S. The minimum atomic E-state index is -0.317. The smallest absolute Gasteiger partial charge is 0.283 e. The van der Waals surface area contributed by atoms with Gasteiger partial charge >= 0.3 is 0 Å². The van der Waals surface area contributed by atoms with Crippen LogP contribution in [0.15, 0.2) is 29.4 Å². The van der Waals surface area contributed by atoms with Gasteiger partial charge in [-0.1, -0.05) is 56.1 Å². The highest BCUT2D eigenvalue weighted by atomic mass is 32.1. The Bertz CT molecular complexity index is 743. The molecule has 1 amide bonds. The molecule has 26 heavy (non-hydrogen) atoms. The zero-order chi connectivity index (χ0) is 18.8. The molecule has 0 unspecified atom stereocenters. The van der Waals surface area contributed by atoms with E-state index in [2.05, 4.69) is 22.4 Å². The lowest BCUT2D eigenvalue weighted by atomic mass is 10.2. The first kappa shape index (κ1) is 19.9. The minimum absolute atomic E-state index is 0.317. The summed E-state index contributed by atoms with van der Waals surface area (Å²) in [7, 11) is 0. The van der Waals surface area contributed by atoms with Crippen molar-refractivity contribution in [1.82, 2.24) is 10.4 Å². The number of amides is 1. The number of hydrogen-bond acceptors (Lipinski definition) is 6. The molecule has 7 heteroatoms. The van der Waals surface area contributed by atoms with Gasteiger partial charge in [0.2, 0.25) is 0 Å². The number of hydrogen-bond donors (Lipinski definition) is 2. The summed E-state index contributed by atoms with van der Waals surface area (Å²) in [6.07, 6.45) is 7.56. The second-order valence-corrected chi connectivity index (χ2v) is 7.00. The van der Waals surface area contributed by atoms with E-state index >= 15 is 0 Å². The van der Waals surface area contributed by atoms with Gasteiger partial charge in [0, 0.05) is 5.56 Å². The standard InChI is InChI=1S/C19H26N4O2S/c1-3-4-5-6-9-12-25-16-11-8-7-10-15(16)13-21-23-18(24)17-14(2)22-19(20)26-17/h7-8,10-11,13H,3-6,9,12H2,1-2H3,(H2,20,22)(H,23,24)/b21-13-. The number of anilines is 1. The third kappa shape index (κ3) is 6.15. The van der Waals surface area contributed by atoms with E-state index in [1.54, 1.807) is 13.1 Å². The van der Waals surface area contributed by atoms with Crippen LogP contribution < -0.4 is 15.9 Å². The van der Waals surface area contributed by atoms with E-state index in [1.807, 2.05) is 24.3 Å². The number of nitrogens with zero attached hydrogens (tertiary/aromatic N) is 2. The van der Waals surface area contributed by atoms with E-state index < -0.39 is 0 Å². The largest absolute Gasteiger partial charge is 0.493 e. The molecular weight excluding hydrogens is 348 g/mol. The topological polar surface area (TPSA) is 89.6 Å². The van der Waals surface area contributed by atoms with Crippen molar-refractivity contribution in [1.29, 1.82) is 0 Å². The van der Waals surface area contributed by atoms with E-state index in [-0.39, 0.29) is 5.91 Å². The lowest BCUT2D eigenvalue weighted by molar-refractivity contribution is 0.0958. The van der Waals surface area contributed by atoms with E-state index in [4.69, 9.17) is 10.5 Å². The molecule has 1 heterocycles. The molecule has 6 nitrogen and oxygen atoms in total. The Hall–Kier alpha value is -2.41. The number of carbonyl (C=O) groups excluding carboxylic acids is 1. The number of nitrogens with one attached hydrogen (secondary N) is 1. The molecule has 0 radical (unpaired) electrons. The zero-order valence-electron chi connectivity index (χ0n) is 15.3. The van der Waals surface area contributed by atoms with Crippen LogP contribution in [0.4, 0.5) is 5.13 Å². The number of rotatable bonds is 10. The molecule has 0 aliphatic carbocycles. The molecule has 1 aromatic carbocycles. The highest BCUT2D eigenvalue weighted by Gasteiger charge is 2.13. The van der Waals surface area contributed by atoms with Gasteiger partial charge < -0.3 is 10.5 Å². The number of thiazole rings is 1. The molecule has 0 atom stereocenters. The molecule has 0 saturated carbocycles. The molecule has 0 saturated heterocycles. The zero-order valence-corrected chi connectivity index (χ0v) is 16.1. The van der Waals surface area contributed by atoms with Crippen molar-refractivity contribution < 1.29 is 9.53 Å². The average Bonchev–Trinajstić information content (AvgIpc) is 2.97. The molecule has 2 aromatic rings. The molecule has 1 aromatic heterocycles. The number of ether oxygens (including phenoxy) is 1. The third-order valence-electron chi connectivity index (χ3n) is 3.81. The summed E-state index contributed by atoms with van der Waals surface area (Å²) in [5.74, 6) is 0.446. The van der Waals surface area contributed by atoms with E-state index in [9.17, 15) is 4.79 Å². The number of carbonyl (C=O) groups is 1. The Kier molecular flexibility index (Phi) is 8.08. The predicted molar refractivity (Wildman–Crippen MR) is 107 cm³/mol. The summed E-state index contributed by atoms with van der Waals surface area (Å²) >= 11 is 1.15. The van der Waals surface area contributed by atoms with Gasteiger partial charge in [-0.05, 0) is 25.5 Å². The van der Waals surface area contributed by atoms with Gasteiger partial charge in [-0.25, -0.2) is 10.4 Å². The predicted octanol–water partition coefficient (Wildman–Crippen LogP) is 4.15. The first-order chi connectivity index (χ1) is 12.6. The summed E-state index contributed by atoms with van der Waals surface area (Å²) in [5, 5.41) is 4.40. The minimum Gasteiger partial charge on any atom is -0.493 e. The van der Waals surface area contributed by atoms with Crippen molar-refractivity contribution in [3.05, 3.63) is 40.4 Å². The van der Waals surface area contributed by atoms with Crippen molar-refractivity contribution in [2.45, 2.75) is 46.0 Å². The van der Waals surface area contributed by atoms with Crippen LogP contribution in [0.2, 0.25) is 0 Å². The number of hydrazone groups is 1. The van der Waals surface area contributed by atoms with E-state index in [0.717, 1.165) is 29.1 Å². The van der Waals surface area contributed by atoms with Crippen LogP contribution in [0.5, 0.6) is 5.75 Å². The van der Waals surface area contributed by atoms with Gasteiger partial charge in [0.05, 0.1) is 18.5 Å². The van der Waals surface area contributed by atoms with Crippen molar-refractivity contribution in [3.8, 4) is 5.75 Å². The Morgan fingerprint density at radius 1 is 1.31 bits per heavy atom. The maximum absolute atomic E-state index is 12.1. The normalized spacial score (nSPS) is 11.0. The summed E-state index contributed by atoms with van der Waals surface area (Å²) in [6, 6.07) is 7.64. The Balaban J connectivity index is 1.87. The third-order valence-corrected chi connectivity index (χ3v) is 4.80. The first-order valence-electron chi connectivity index (χ1n) is 8.90. The van der Waals surface area contributed by atoms with Crippen LogP contribution >= 0.6 is 11.3 Å². The van der Waals surface area contributed by atoms with Crippen molar-refractivity contribution in [3.63, 3.8) is 0 Å². The van der Waals surface area contributed by atoms with Gasteiger partial charge in [-0.3, -0.25) is 4.79 Å². The fraction of sp³-hybridized carbons (Fsp3) is 0.421. The Morgan fingerprint density at radius 3 is 2.81 bits per heavy atom. The lowest BCUT2D eigenvalue weighted by Gasteiger charge is -2.08.